The number of nitrogens with zero attached hydrogens (tertiary/aromatic N) is 3. The number of hydrogen-bond acceptors (Lipinski definition) is 6. The Kier molecular flexibility index (Phi) is 13.2. The molecule has 1 aliphatic rings. The highest BCUT2D eigenvalue weighted by Gasteiger charge is 2.35. The summed E-state index contributed by atoms with van der Waals surface area (Å²) in [7, 11) is 0. The molecule has 4 aromatic rings. The minimum Gasteiger partial charge on any atom is -0.486 e. The molecule has 0 radical (unpaired) electrons. The molecule has 0 saturated heterocycles. The molecule has 5 rings (SSSR count). The van der Waals surface area contributed by atoms with Crippen LogP contribution in [0.4, 0.5) is 0 Å². The summed E-state index contributed by atoms with van der Waals surface area (Å²) in [6.45, 7) is 5.57. The minimum atomic E-state index is -0.764. The third-order valence-corrected chi connectivity index (χ3v) is 9.56. The Labute approximate surface area is 320 Å². The summed E-state index contributed by atoms with van der Waals surface area (Å²) < 4.78 is 6.42. The van der Waals surface area contributed by atoms with Crippen molar-refractivity contribution in [1.82, 2.24) is 10.2 Å². The normalized spacial score (nSPS) is 14.1. The van der Waals surface area contributed by atoms with E-state index in [4.69, 9.17) is 16.3 Å². The number of rotatable bonds is 12. The van der Waals surface area contributed by atoms with Crippen LogP contribution in [0.5, 0.6) is 5.75 Å². The zero-order chi connectivity index (χ0) is 37.0. The minimum absolute atomic E-state index is 0.0562. The van der Waals surface area contributed by atoms with Gasteiger partial charge in [-0.2, -0.15) is 10.3 Å². The molecule has 11 heteroatoms. The van der Waals surface area contributed by atoms with Gasteiger partial charge in [0.25, 0.3) is 11.8 Å². The zero-order valence-electron chi connectivity index (χ0n) is 28.0. The van der Waals surface area contributed by atoms with Gasteiger partial charge in [0.2, 0.25) is 5.91 Å². The first kappa shape index (κ1) is 37.8. The lowest BCUT2D eigenvalue weighted by atomic mass is 9.99. The van der Waals surface area contributed by atoms with Gasteiger partial charge in [0, 0.05) is 11.3 Å². The summed E-state index contributed by atoms with van der Waals surface area (Å²) in [6.07, 6.45) is 8.00. The number of thioether (sulfide) groups is 1. The van der Waals surface area contributed by atoms with Crippen LogP contribution in [0.3, 0.4) is 0 Å². The molecule has 0 unspecified atom stereocenters. The fourth-order valence-electron chi connectivity index (χ4n) is 5.27. The Morgan fingerprint density at radius 2 is 1.71 bits per heavy atom. The average Bonchev–Trinajstić information content (AvgIpc) is 3.16. The summed E-state index contributed by atoms with van der Waals surface area (Å²) in [5.41, 5.74) is 3.67. The average molecular weight is 792 g/mol. The van der Waals surface area contributed by atoms with Gasteiger partial charge in [0.05, 0.1) is 32.9 Å². The molecule has 0 fully saturated rings. The number of carbonyl (C=O) groups is 3. The molecule has 260 valence electrons. The van der Waals surface area contributed by atoms with Crippen molar-refractivity contribution >= 4 is 68.3 Å². The van der Waals surface area contributed by atoms with Gasteiger partial charge in [-0.25, -0.2) is 0 Å². The number of allylic oxidation sites excluding steroid dienone is 4. The summed E-state index contributed by atoms with van der Waals surface area (Å²) >= 11 is 11.1. The number of nitrogens with one attached hydrogen (secondary N) is 1. The summed E-state index contributed by atoms with van der Waals surface area (Å²) in [5.74, 6) is -1.48. The lowest BCUT2D eigenvalue weighted by Crippen LogP contribution is -2.42. The van der Waals surface area contributed by atoms with E-state index in [1.165, 1.54) is 11.0 Å². The second-order valence-electron chi connectivity index (χ2n) is 11.2. The predicted octanol–water partition coefficient (Wildman–Crippen LogP) is 8.95. The molecule has 1 N–H and O–H groups in total. The van der Waals surface area contributed by atoms with E-state index in [2.05, 4.69) is 38.9 Å². The van der Waals surface area contributed by atoms with Crippen molar-refractivity contribution in [2.75, 3.05) is 5.75 Å². The number of carbonyl (C=O) groups excluding carboxylic acids is 3. The van der Waals surface area contributed by atoms with E-state index < -0.39 is 17.9 Å². The van der Waals surface area contributed by atoms with Gasteiger partial charge in [0.1, 0.15) is 12.2 Å². The highest BCUT2D eigenvalue weighted by Crippen LogP contribution is 2.36. The van der Waals surface area contributed by atoms with Gasteiger partial charge in [-0.05, 0) is 69.9 Å². The molecule has 3 amide bonds. The second kappa shape index (κ2) is 18.1. The first-order valence-corrected chi connectivity index (χ1v) is 18.2. The largest absolute Gasteiger partial charge is 0.486 e. The number of ether oxygens (including phenoxy) is 1. The highest BCUT2D eigenvalue weighted by atomic mass is 79.9. The van der Waals surface area contributed by atoms with Gasteiger partial charge in [-0.1, -0.05) is 127 Å². The number of nitriles is 1. The maximum Gasteiger partial charge on any atom is 0.285 e. The Morgan fingerprint density at radius 3 is 2.33 bits per heavy atom. The van der Waals surface area contributed by atoms with Crippen LogP contribution in [0.2, 0.25) is 5.02 Å². The van der Waals surface area contributed by atoms with Crippen LogP contribution in [-0.2, 0) is 21.0 Å². The van der Waals surface area contributed by atoms with E-state index in [0.29, 0.717) is 32.6 Å². The predicted molar refractivity (Wildman–Crippen MR) is 210 cm³/mol. The van der Waals surface area contributed by atoms with Gasteiger partial charge in [-0.3, -0.25) is 19.3 Å². The maximum absolute atomic E-state index is 14.1. The van der Waals surface area contributed by atoms with E-state index in [-0.39, 0.29) is 34.0 Å². The summed E-state index contributed by atoms with van der Waals surface area (Å²) in [5, 5.41) is 12.8. The van der Waals surface area contributed by atoms with E-state index in [9.17, 15) is 19.6 Å². The van der Waals surface area contributed by atoms with Crippen LogP contribution in [0.25, 0.3) is 6.08 Å². The first-order chi connectivity index (χ1) is 25.2. The Balaban J connectivity index is 1.40. The standard InChI is InChI=1S/C41H32BrClN4O4S/c1-3-5-20-32(4-2)47-40(50)33(21-27-22-34(42)38(35(43)23-27)51-25-31-19-13-12-18-30(31)24-44)39(49)46-41(47)52-26-36(48)45-37(28-14-8-6-9-15-28)29-16-10-7-11-17-29/h3-23,37H,1,25-26H2,2H3,(H,45,48)/b20-5-,32-4+,33-21+. The number of amides is 3. The van der Waals surface area contributed by atoms with Crippen molar-refractivity contribution < 1.29 is 19.1 Å². The number of hydrogen-bond donors (Lipinski definition) is 1. The molecule has 4 aromatic carbocycles. The van der Waals surface area contributed by atoms with Crippen molar-refractivity contribution in [3.8, 4) is 11.8 Å². The van der Waals surface area contributed by atoms with Crippen LogP contribution in [0.1, 0.15) is 40.8 Å². The van der Waals surface area contributed by atoms with Crippen molar-refractivity contribution in [2.24, 2.45) is 4.99 Å². The topological polar surface area (TPSA) is 112 Å². The van der Waals surface area contributed by atoms with E-state index in [1.54, 1.807) is 61.6 Å². The molecule has 0 saturated carbocycles. The highest BCUT2D eigenvalue weighted by molar-refractivity contribution is 9.10. The molecular weight excluding hydrogens is 760 g/mol. The SMILES string of the molecule is C=C/C=C\C(=C/C)N1C(=O)/C(=C/c2cc(Cl)c(OCc3ccccc3C#N)c(Br)c2)C(=O)N=C1SCC(=O)NC(c1ccccc1)c1ccccc1. The molecule has 0 aliphatic carbocycles. The Bertz CT molecular complexity index is 2100. The molecule has 52 heavy (non-hydrogen) atoms. The van der Waals surface area contributed by atoms with Crippen LogP contribution < -0.4 is 10.1 Å². The number of benzene rings is 4. The first-order valence-electron chi connectivity index (χ1n) is 16.0. The van der Waals surface area contributed by atoms with E-state index in [1.807, 2.05) is 66.7 Å². The van der Waals surface area contributed by atoms with Gasteiger partial charge < -0.3 is 10.1 Å². The quantitative estimate of drug-likeness (QED) is 0.0872. The van der Waals surface area contributed by atoms with Gasteiger partial charge in [-0.15, -0.1) is 0 Å². The third-order valence-electron chi connectivity index (χ3n) is 7.75. The fourth-order valence-corrected chi connectivity index (χ4v) is 7.06. The molecule has 0 atom stereocenters. The van der Waals surface area contributed by atoms with Crippen molar-refractivity contribution in [3.63, 3.8) is 0 Å². The van der Waals surface area contributed by atoms with Crippen LogP contribution >= 0.6 is 39.3 Å². The fraction of sp³-hybridized carbons (Fsp3) is 0.0976. The smallest absolute Gasteiger partial charge is 0.285 e. The van der Waals surface area contributed by atoms with Crippen LogP contribution in [-0.4, -0.2) is 33.5 Å². The Morgan fingerprint density at radius 1 is 1.06 bits per heavy atom. The Hall–Kier alpha value is -5.47. The van der Waals surface area contributed by atoms with Crippen LogP contribution in [0, 0.1) is 11.3 Å². The van der Waals surface area contributed by atoms with Crippen molar-refractivity contribution in [2.45, 2.75) is 19.6 Å². The van der Waals surface area contributed by atoms with Crippen molar-refractivity contribution in [3.05, 3.63) is 177 Å². The number of amidine groups is 1. The summed E-state index contributed by atoms with van der Waals surface area (Å²) in [6, 6.07) is 31.3. The van der Waals surface area contributed by atoms with Gasteiger partial charge in [0.15, 0.2) is 10.9 Å². The van der Waals surface area contributed by atoms with Gasteiger partial charge >= 0.3 is 0 Å². The molecule has 1 aliphatic heterocycles. The van der Waals surface area contributed by atoms with Crippen molar-refractivity contribution in [1.29, 1.82) is 5.26 Å². The second-order valence-corrected chi connectivity index (χ2v) is 13.4. The number of aliphatic imine (C=N–C) groups is 1. The van der Waals surface area contributed by atoms with Crippen LogP contribution in [0.15, 0.2) is 149 Å². The molecule has 0 spiro atoms. The lowest BCUT2D eigenvalue weighted by Gasteiger charge is -2.28. The molecule has 8 nitrogen and oxygen atoms in total. The maximum atomic E-state index is 14.1. The lowest BCUT2D eigenvalue weighted by molar-refractivity contribution is -0.126. The van der Waals surface area contributed by atoms with E-state index in [0.717, 1.165) is 22.9 Å². The molecular formula is C41H32BrClN4O4S. The molecule has 1 heterocycles. The number of halogens is 2. The molecule has 0 bridgehead atoms. The third kappa shape index (κ3) is 9.25. The monoisotopic (exact) mass is 790 g/mol. The summed E-state index contributed by atoms with van der Waals surface area (Å²) in [4.78, 5) is 46.6. The van der Waals surface area contributed by atoms with E-state index >= 15 is 0 Å². The molecule has 0 aromatic heterocycles. The zero-order valence-corrected chi connectivity index (χ0v) is 31.1.